The van der Waals surface area contributed by atoms with E-state index in [0.717, 1.165) is 22.4 Å². The number of methoxy groups -OCH3 is 1. The fourth-order valence-electron chi connectivity index (χ4n) is 3.30. The van der Waals surface area contributed by atoms with Crippen LogP contribution in [0.25, 0.3) is 0 Å². The maximum Gasteiger partial charge on any atom is 0.180 e. The van der Waals surface area contributed by atoms with Crippen molar-refractivity contribution in [3.63, 3.8) is 0 Å². The third kappa shape index (κ3) is 3.19. The Kier molecular flexibility index (Phi) is 4.18. The largest absolute Gasteiger partial charge is 0.497 e. The zero-order chi connectivity index (χ0) is 17.5. The number of ether oxygens (including phenoxy) is 1. The van der Waals surface area contributed by atoms with E-state index in [2.05, 4.69) is 5.32 Å². The maximum absolute atomic E-state index is 12.8. The van der Waals surface area contributed by atoms with E-state index < -0.39 is 15.4 Å². The van der Waals surface area contributed by atoms with Crippen LogP contribution in [0.2, 0.25) is 0 Å². The van der Waals surface area contributed by atoms with Crippen molar-refractivity contribution in [2.45, 2.75) is 37.2 Å². The normalized spacial score (nSPS) is 21.6. The molecule has 5 heteroatoms. The Morgan fingerprint density at radius 2 is 1.79 bits per heavy atom. The van der Waals surface area contributed by atoms with E-state index >= 15 is 0 Å². The Morgan fingerprint density at radius 3 is 2.42 bits per heavy atom. The quantitative estimate of drug-likeness (QED) is 0.908. The van der Waals surface area contributed by atoms with E-state index in [4.69, 9.17) is 4.74 Å². The molecule has 128 valence electrons. The first-order valence-electron chi connectivity index (χ1n) is 7.97. The van der Waals surface area contributed by atoms with Crippen LogP contribution in [0, 0.1) is 6.92 Å². The maximum atomic E-state index is 12.8. The monoisotopic (exact) mass is 345 g/mol. The molecule has 4 nitrogen and oxygen atoms in total. The van der Waals surface area contributed by atoms with Crippen molar-refractivity contribution < 1.29 is 13.2 Å². The summed E-state index contributed by atoms with van der Waals surface area (Å²) >= 11 is 0. The van der Waals surface area contributed by atoms with Gasteiger partial charge in [-0.25, -0.2) is 8.42 Å². The van der Waals surface area contributed by atoms with Gasteiger partial charge < -0.3 is 10.1 Å². The summed E-state index contributed by atoms with van der Waals surface area (Å²) in [7, 11) is -1.71. The summed E-state index contributed by atoms with van der Waals surface area (Å²) < 4.78 is 30.9. The molecule has 2 aromatic rings. The number of nitrogens with one attached hydrogen (secondary N) is 1. The molecule has 1 atom stereocenters. The molecule has 0 fully saturated rings. The van der Waals surface area contributed by atoms with Gasteiger partial charge >= 0.3 is 0 Å². The smallest absolute Gasteiger partial charge is 0.180 e. The summed E-state index contributed by atoms with van der Waals surface area (Å²) in [5.74, 6) is 0.853. The van der Waals surface area contributed by atoms with Gasteiger partial charge in [-0.1, -0.05) is 29.8 Å². The van der Waals surface area contributed by atoms with Crippen molar-refractivity contribution >= 4 is 9.84 Å². The SMILES string of the molecule is COc1ccc(C2NC(C)(C)CS(=O)(=O)c3ccc(C)cc32)cc1. The van der Waals surface area contributed by atoms with Crippen LogP contribution in [0.3, 0.4) is 0 Å². The lowest BCUT2D eigenvalue weighted by molar-refractivity contribution is 0.394. The molecule has 1 heterocycles. The van der Waals surface area contributed by atoms with Gasteiger partial charge in [0, 0.05) is 5.54 Å². The minimum atomic E-state index is -3.34. The summed E-state index contributed by atoms with van der Waals surface area (Å²) in [6, 6.07) is 13.2. The summed E-state index contributed by atoms with van der Waals surface area (Å²) in [4.78, 5) is 0.423. The third-order valence-electron chi connectivity index (χ3n) is 4.35. The topological polar surface area (TPSA) is 55.4 Å². The average Bonchev–Trinajstić information content (AvgIpc) is 2.58. The molecule has 0 bridgehead atoms. The Hall–Kier alpha value is -1.85. The number of hydrogen-bond acceptors (Lipinski definition) is 4. The molecule has 24 heavy (non-hydrogen) atoms. The van der Waals surface area contributed by atoms with Crippen LogP contribution < -0.4 is 10.1 Å². The second-order valence-corrected chi connectivity index (χ2v) is 8.99. The van der Waals surface area contributed by atoms with Crippen molar-refractivity contribution in [2.75, 3.05) is 12.9 Å². The molecule has 0 aliphatic carbocycles. The second-order valence-electron chi connectivity index (χ2n) is 7.03. The Morgan fingerprint density at radius 1 is 1.12 bits per heavy atom. The van der Waals surface area contributed by atoms with Crippen LogP contribution in [0.4, 0.5) is 0 Å². The van der Waals surface area contributed by atoms with Crippen molar-refractivity contribution in [1.29, 1.82) is 0 Å². The summed E-state index contributed by atoms with van der Waals surface area (Å²) in [5, 5.41) is 3.53. The molecule has 0 radical (unpaired) electrons. The van der Waals surface area contributed by atoms with Gasteiger partial charge in [0.15, 0.2) is 9.84 Å². The molecule has 0 saturated carbocycles. The number of aryl methyl sites for hydroxylation is 1. The highest BCUT2D eigenvalue weighted by atomic mass is 32.2. The Labute approximate surface area is 143 Å². The molecule has 0 aromatic heterocycles. The minimum absolute atomic E-state index is 0.0721. The van der Waals surface area contributed by atoms with E-state index in [9.17, 15) is 8.42 Å². The Balaban J connectivity index is 2.21. The molecule has 0 spiro atoms. The lowest BCUT2D eigenvalue weighted by Crippen LogP contribution is -2.45. The summed E-state index contributed by atoms with van der Waals surface area (Å²) in [6.07, 6.45) is 0. The third-order valence-corrected chi connectivity index (χ3v) is 6.49. The van der Waals surface area contributed by atoms with Crippen LogP contribution in [0.15, 0.2) is 47.4 Å². The van der Waals surface area contributed by atoms with E-state index in [1.807, 2.05) is 57.2 Å². The minimum Gasteiger partial charge on any atom is -0.497 e. The van der Waals surface area contributed by atoms with E-state index in [1.165, 1.54) is 0 Å². The summed E-state index contributed by atoms with van der Waals surface area (Å²) in [5.41, 5.74) is 2.35. The highest BCUT2D eigenvalue weighted by Gasteiger charge is 2.37. The first-order chi connectivity index (χ1) is 11.2. The molecular formula is C19H23NO3S. The molecule has 1 unspecified atom stereocenters. The zero-order valence-electron chi connectivity index (χ0n) is 14.5. The Bertz CT molecular complexity index is 855. The van der Waals surface area contributed by atoms with Gasteiger partial charge in [0.25, 0.3) is 0 Å². The number of rotatable bonds is 2. The first kappa shape index (κ1) is 17.0. The van der Waals surface area contributed by atoms with E-state index in [0.29, 0.717) is 4.90 Å². The van der Waals surface area contributed by atoms with Crippen LogP contribution >= 0.6 is 0 Å². The van der Waals surface area contributed by atoms with Gasteiger partial charge in [-0.05, 0) is 50.1 Å². The van der Waals surface area contributed by atoms with Gasteiger partial charge in [0.1, 0.15) is 5.75 Å². The lowest BCUT2D eigenvalue weighted by Gasteiger charge is -2.29. The van der Waals surface area contributed by atoms with Gasteiger partial charge in [-0.15, -0.1) is 0 Å². The molecule has 1 aliphatic rings. The van der Waals surface area contributed by atoms with Crippen molar-refractivity contribution in [1.82, 2.24) is 5.32 Å². The van der Waals surface area contributed by atoms with Crippen molar-refractivity contribution in [3.8, 4) is 5.75 Å². The van der Waals surface area contributed by atoms with Gasteiger partial charge in [0.05, 0.1) is 23.8 Å². The summed E-state index contributed by atoms with van der Waals surface area (Å²) in [6.45, 7) is 5.84. The molecular weight excluding hydrogens is 322 g/mol. The number of fused-ring (bicyclic) bond motifs is 1. The highest BCUT2D eigenvalue weighted by Crippen LogP contribution is 2.35. The lowest BCUT2D eigenvalue weighted by atomic mass is 9.94. The first-order valence-corrected chi connectivity index (χ1v) is 9.62. The zero-order valence-corrected chi connectivity index (χ0v) is 15.3. The van der Waals surface area contributed by atoms with Crippen LogP contribution in [-0.4, -0.2) is 26.8 Å². The molecule has 2 aromatic carbocycles. The van der Waals surface area contributed by atoms with Crippen LogP contribution in [0.5, 0.6) is 5.75 Å². The highest BCUT2D eigenvalue weighted by molar-refractivity contribution is 7.91. The van der Waals surface area contributed by atoms with Gasteiger partial charge in [-0.2, -0.15) is 0 Å². The molecule has 3 rings (SSSR count). The van der Waals surface area contributed by atoms with E-state index in [1.54, 1.807) is 13.2 Å². The van der Waals surface area contributed by atoms with Gasteiger partial charge in [0.2, 0.25) is 0 Å². The fraction of sp³-hybridized carbons (Fsp3) is 0.368. The van der Waals surface area contributed by atoms with Crippen LogP contribution in [-0.2, 0) is 9.84 Å². The number of hydrogen-bond donors (Lipinski definition) is 1. The predicted molar refractivity (Wildman–Crippen MR) is 95.3 cm³/mol. The molecule has 1 N–H and O–H groups in total. The van der Waals surface area contributed by atoms with Crippen molar-refractivity contribution in [2.24, 2.45) is 0 Å². The molecule has 1 aliphatic heterocycles. The fourth-order valence-corrected chi connectivity index (χ4v) is 5.30. The number of sulfone groups is 1. The van der Waals surface area contributed by atoms with Crippen LogP contribution in [0.1, 0.15) is 36.6 Å². The second kappa shape index (κ2) is 5.90. The predicted octanol–water partition coefficient (Wildman–Crippen LogP) is 3.25. The molecule has 0 amide bonds. The number of benzene rings is 2. The standard InChI is InChI=1S/C19H23NO3S/c1-13-5-10-17-16(11-13)18(14-6-8-15(23-4)9-7-14)20-19(2,3)12-24(17,21)22/h5-11,18,20H,12H2,1-4H3. The van der Waals surface area contributed by atoms with Gasteiger partial charge in [-0.3, -0.25) is 0 Å². The molecule has 0 saturated heterocycles. The van der Waals surface area contributed by atoms with E-state index in [-0.39, 0.29) is 11.8 Å². The van der Waals surface area contributed by atoms with Crippen molar-refractivity contribution in [3.05, 3.63) is 59.2 Å². The average molecular weight is 345 g/mol.